The Bertz CT molecular complexity index is 553. The van der Waals surface area contributed by atoms with Gasteiger partial charge in [-0.2, -0.15) is 0 Å². The topological polar surface area (TPSA) is 76.7 Å². The predicted molar refractivity (Wildman–Crippen MR) is 75.3 cm³/mol. The van der Waals surface area contributed by atoms with Gasteiger partial charge in [-0.15, -0.1) is 0 Å². The molecule has 1 aromatic rings. The van der Waals surface area contributed by atoms with E-state index in [9.17, 15) is 9.59 Å². The van der Waals surface area contributed by atoms with Crippen LogP contribution in [0.15, 0.2) is 18.2 Å². The third-order valence-corrected chi connectivity index (χ3v) is 3.76. The average molecular weight is 290 g/mol. The van der Waals surface area contributed by atoms with E-state index < -0.39 is 0 Å². The molecule has 3 rings (SSSR count). The molecule has 1 aromatic carbocycles. The van der Waals surface area contributed by atoms with E-state index in [0.29, 0.717) is 17.1 Å². The number of hydrogen-bond donors (Lipinski definition) is 2. The largest absolute Gasteiger partial charge is 0.454 e. The summed E-state index contributed by atoms with van der Waals surface area (Å²) in [6.45, 7) is 0.161. The number of carbonyl (C=O) groups is 2. The maximum Gasteiger partial charge on any atom is 0.251 e. The van der Waals surface area contributed by atoms with Gasteiger partial charge in [-0.3, -0.25) is 9.59 Å². The van der Waals surface area contributed by atoms with Crippen LogP contribution in [0.5, 0.6) is 11.5 Å². The summed E-state index contributed by atoms with van der Waals surface area (Å²) < 4.78 is 10.4. The minimum Gasteiger partial charge on any atom is -0.454 e. The molecule has 2 amide bonds. The Morgan fingerprint density at radius 1 is 1.14 bits per heavy atom. The third-order valence-electron chi connectivity index (χ3n) is 3.76. The van der Waals surface area contributed by atoms with Gasteiger partial charge in [0.15, 0.2) is 11.5 Å². The molecule has 0 aromatic heterocycles. The van der Waals surface area contributed by atoms with Crippen LogP contribution in [0.25, 0.3) is 0 Å². The first-order valence-corrected chi connectivity index (χ1v) is 7.19. The molecule has 6 nitrogen and oxygen atoms in total. The number of carbonyl (C=O) groups excluding carboxylic acids is 2. The normalized spacial score (nSPS) is 16.8. The zero-order valence-electron chi connectivity index (χ0n) is 11.7. The Morgan fingerprint density at radius 3 is 2.71 bits per heavy atom. The molecule has 1 aliphatic heterocycles. The van der Waals surface area contributed by atoms with E-state index in [2.05, 4.69) is 10.6 Å². The zero-order chi connectivity index (χ0) is 14.7. The van der Waals surface area contributed by atoms with Crippen LogP contribution in [-0.2, 0) is 4.79 Å². The van der Waals surface area contributed by atoms with Gasteiger partial charge >= 0.3 is 0 Å². The van der Waals surface area contributed by atoms with E-state index in [1.807, 2.05) is 0 Å². The maximum absolute atomic E-state index is 12.0. The van der Waals surface area contributed by atoms with Crippen molar-refractivity contribution in [3.05, 3.63) is 23.8 Å². The highest BCUT2D eigenvalue weighted by Gasteiger charge is 2.19. The highest BCUT2D eigenvalue weighted by Crippen LogP contribution is 2.32. The van der Waals surface area contributed by atoms with Gasteiger partial charge in [0, 0.05) is 11.6 Å². The Hall–Kier alpha value is -2.24. The predicted octanol–water partition coefficient (Wildman–Crippen LogP) is 1.20. The minimum atomic E-state index is -0.296. The van der Waals surface area contributed by atoms with Gasteiger partial charge in [0.25, 0.3) is 5.91 Å². The quantitative estimate of drug-likeness (QED) is 0.873. The van der Waals surface area contributed by atoms with Crippen molar-refractivity contribution in [3.63, 3.8) is 0 Å². The van der Waals surface area contributed by atoms with Crippen molar-refractivity contribution in [1.82, 2.24) is 10.6 Å². The van der Waals surface area contributed by atoms with Crippen LogP contribution in [0.2, 0.25) is 0 Å². The van der Waals surface area contributed by atoms with E-state index in [1.54, 1.807) is 18.2 Å². The van der Waals surface area contributed by atoms with Crippen LogP contribution >= 0.6 is 0 Å². The summed E-state index contributed by atoms with van der Waals surface area (Å²) in [5.74, 6) is 0.745. The minimum absolute atomic E-state index is 0.0101. The molecule has 2 aliphatic rings. The first kappa shape index (κ1) is 13.7. The number of rotatable bonds is 4. The molecule has 0 bridgehead atoms. The number of fused-ring (bicyclic) bond motifs is 1. The van der Waals surface area contributed by atoms with Crippen molar-refractivity contribution in [1.29, 1.82) is 0 Å². The molecule has 21 heavy (non-hydrogen) atoms. The molecule has 1 aliphatic carbocycles. The summed E-state index contributed by atoms with van der Waals surface area (Å²) >= 11 is 0. The Morgan fingerprint density at radius 2 is 1.90 bits per heavy atom. The van der Waals surface area contributed by atoms with E-state index in [1.165, 1.54) is 0 Å². The lowest BCUT2D eigenvalue weighted by Crippen LogP contribution is -2.40. The van der Waals surface area contributed by atoms with Gasteiger partial charge in [0.1, 0.15) is 0 Å². The van der Waals surface area contributed by atoms with E-state index in [0.717, 1.165) is 25.7 Å². The molecule has 0 spiro atoms. The summed E-state index contributed by atoms with van der Waals surface area (Å²) in [4.78, 5) is 23.8. The van der Waals surface area contributed by atoms with Crippen LogP contribution in [-0.4, -0.2) is 31.2 Å². The lowest BCUT2D eigenvalue weighted by molar-refractivity contribution is -0.120. The lowest BCUT2D eigenvalue weighted by Gasteiger charge is -2.12. The molecule has 1 fully saturated rings. The van der Waals surface area contributed by atoms with Crippen molar-refractivity contribution >= 4 is 11.8 Å². The molecule has 0 radical (unpaired) electrons. The molecular weight excluding hydrogens is 272 g/mol. The van der Waals surface area contributed by atoms with Gasteiger partial charge in [0.05, 0.1) is 6.54 Å². The smallest absolute Gasteiger partial charge is 0.251 e. The molecule has 112 valence electrons. The van der Waals surface area contributed by atoms with Gasteiger partial charge in [-0.05, 0) is 31.0 Å². The van der Waals surface area contributed by atoms with Crippen molar-refractivity contribution in [2.24, 2.45) is 0 Å². The van der Waals surface area contributed by atoms with E-state index >= 15 is 0 Å². The number of ether oxygens (including phenoxy) is 2. The fourth-order valence-corrected chi connectivity index (χ4v) is 2.65. The van der Waals surface area contributed by atoms with Crippen molar-refractivity contribution in [2.45, 2.75) is 31.7 Å². The van der Waals surface area contributed by atoms with Crippen LogP contribution in [0.1, 0.15) is 36.0 Å². The first-order chi connectivity index (χ1) is 10.2. The third kappa shape index (κ3) is 3.26. The molecule has 1 heterocycles. The molecule has 0 unspecified atom stereocenters. The van der Waals surface area contributed by atoms with Crippen LogP contribution in [0.4, 0.5) is 0 Å². The summed E-state index contributed by atoms with van der Waals surface area (Å²) in [6.07, 6.45) is 4.38. The Balaban J connectivity index is 1.50. The van der Waals surface area contributed by atoms with Crippen LogP contribution in [0, 0.1) is 0 Å². The summed E-state index contributed by atoms with van der Waals surface area (Å²) in [6, 6.07) is 5.22. The zero-order valence-corrected chi connectivity index (χ0v) is 11.7. The number of amides is 2. The summed E-state index contributed by atoms with van der Waals surface area (Å²) in [5, 5.41) is 5.55. The fraction of sp³-hybridized carbons (Fsp3) is 0.467. The summed E-state index contributed by atoms with van der Waals surface area (Å²) in [7, 11) is 0. The van der Waals surface area contributed by atoms with Crippen molar-refractivity contribution < 1.29 is 19.1 Å². The Kier molecular flexibility index (Phi) is 3.94. The van der Waals surface area contributed by atoms with Gasteiger partial charge < -0.3 is 20.1 Å². The monoisotopic (exact) mass is 290 g/mol. The van der Waals surface area contributed by atoms with Gasteiger partial charge in [0.2, 0.25) is 12.7 Å². The first-order valence-electron chi connectivity index (χ1n) is 7.19. The second-order valence-electron chi connectivity index (χ2n) is 5.30. The van der Waals surface area contributed by atoms with Crippen molar-refractivity contribution in [2.75, 3.05) is 13.3 Å². The standard InChI is InChI=1S/C15H18N2O4/c18-14(17-11-3-1-2-4-11)8-16-15(19)10-5-6-12-13(7-10)21-9-20-12/h5-7,11H,1-4,8-9H2,(H,16,19)(H,17,18). The van der Waals surface area contributed by atoms with E-state index in [-0.39, 0.29) is 31.2 Å². The second-order valence-corrected chi connectivity index (χ2v) is 5.30. The molecule has 6 heteroatoms. The fourth-order valence-electron chi connectivity index (χ4n) is 2.65. The summed E-state index contributed by atoms with van der Waals surface area (Å²) in [5.41, 5.74) is 0.452. The highest BCUT2D eigenvalue weighted by atomic mass is 16.7. The van der Waals surface area contributed by atoms with Gasteiger partial charge in [-0.1, -0.05) is 12.8 Å². The van der Waals surface area contributed by atoms with Crippen LogP contribution in [0.3, 0.4) is 0 Å². The number of nitrogens with one attached hydrogen (secondary N) is 2. The molecule has 0 atom stereocenters. The van der Waals surface area contributed by atoms with E-state index in [4.69, 9.17) is 9.47 Å². The highest BCUT2D eigenvalue weighted by molar-refractivity contribution is 5.97. The number of benzene rings is 1. The average Bonchev–Trinajstić information content (AvgIpc) is 3.14. The SMILES string of the molecule is O=C(CNC(=O)c1ccc2c(c1)OCO2)NC1CCCC1. The molecule has 1 saturated carbocycles. The van der Waals surface area contributed by atoms with Gasteiger partial charge in [-0.25, -0.2) is 0 Å². The Labute approximate surface area is 122 Å². The lowest BCUT2D eigenvalue weighted by atomic mass is 10.2. The second kappa shape index (κ2) is 6.03. The molecular formula is C15H18N2O4. The molecule has 2 N–H and O–H groups in total. The van der Waals surface area contributed by atoms with Crippen molar-refractivity contribution in [3.8, 4) is 11.5 Å². The van der Waals surface area contributed by atoms with Crippen LogP contribution < -0.4 is 20.1 Å². The maximum atomic E-state index is 12.0. The molecule has 0 saturated heterocycles. The number of hydrogen-bond acceptors (Lipinski definition) is 4.